The number of hydrogen-bond acceptors (Lipinski definition) is 3. The zero-order valence-corrected chi connectivity index (χ0v) is 15.7. The molecule has 1 atom stereocenters. The number of para-hydroxylation sites is 1. The van der Waals surface area contributed by atoms with Gasteiger partial charge in [-0.1, -0.05) is 48.5 Å². The van der Waals surface area contributed by atoms with Crippen LogP contribution in [0.1, 0.15) is 18.9 Å². The number of aromatic nitrogens is 3. The Balaban J connectivity index is 1.44. The van der Waals surface area contributed by atoms with Gasteiger partial charge in [-0.15, -0.1) is 0 Å². The molecule has 2 aromatic carbocycles. The zero-order chi connectivity index (χ0) is 19.5. The largest absolute Gasteiger partial charge is 0.352 e. The molecule has 0 aliphatic carbocycles. The molecule has 2 N–H and O–H groups in total. The minimum Gasteiger partial charge on any atom is -0.352 e. The van der Waals surface area contributed by atoms with Gasteiger partial charge in [-0.3, -0.25) is 14.2 Å². The second kappa shape index (κ2) is 7.68. The number of benzene rings is 2. The molecule has 6 nitrogen and oxygen atoms in total. The Morgan fingerprint density at radius 3 is 2.71 bits per heavy atom. The fourth-order valence-corrected chi connectivity index (χ4v) is 3.43. The van der Waals surface area contributed by atoms with Crippen molar-refractivity contribution in [2.75, 3.05) is 0 Å². The molecular formula is C22H22N4O2. The monoisotopic (exact) mass is 374 g/mol. The summed E-state index contributed by atoms with van der Waals surface area (Å²) in [4.78, 5) is 32.6. The van der Waals surface area contributed by atoms with Gasteiger partial charge in [0.2, 0.25) is 5.91 Å². The zero-order valence-electron chi connectivity index (χ0n) is 15.7. The first-order valence-electron chi connectivity index (χ1n) is 9.41. The summed E-state index contributed by atoms with van der Waals surface area (Å²) < 4.78 is 1.34. The van der Waals surface area contributed by atoms with Crippen LogP contribution in [0.3, 0.4) is 0 Å². The van der Waals surface area contributed by atoms with Crippen LogP contribution in [0.25, 0.3) is 21.9 Å². The molecule has 2 heterocycles. The van der Waals surface area contributed by atoms with Crippen LogP contribution < -0.4 is 10.9 Å². The summed E-state index contributed by atoms with van der Waals surface area (Å²) in [6.45, 7) is 1.93. The van der Waals surface area contributed by atoms with Gasteiger partial charge in [0, 0.05) is 16.9 Å². The number of H-pyrrole nitrogens is 1. The smallest absolute Gasteiger partial charge is 0.278 e. The van der Waals surface area contributed by atoms with Crippen molar-refractivity contribution in [1.82, 2.24) is 19.9 Å². The molecule has 2 aromatic heterocycles. The summed E-state index contributed by atoms with van der Waals surface area (Å²) >= 11 is 0. The van der Waals surface area contributed by atoms with Gasteiger partial charge in [0.15, 0.2) is 0 Å². The molecule has 0 aliphatic rings. The van der Waals surface area contributed by atoms with Gasteiger partial charge in [0.25, 0.3) is 5.56 Å². The lowest BCUT2D eigenvalue weighted by Gasteiger charge is -2.14. The SMILES string of the molecule is CC(CCc1ccccc1)NC(=O)Cn1cnc2c([nH]c3ccccc32)c1=O. The topological polar surface area (TPSA) is 79.8 Å². The Hall–Kier alpha value is -3.41. The van der Waals surface area contributed by atoms with Crippen molar-refractivity contribution >= 4 is 27.8 Å². The fourth-order valence-electron chi connectivity index (χ4n) is 3.43. The van der Waals surface area contributed by atoms with Crippen LogP contribution in [0.15, 0.2) is 65.7 Å². The molecule has 0 aliphatic heterocycles. The van der Waals surface area contributed by atoms with Gasteiger partial charge in [0.1, 0.15) is 17.6 Å². The van der Waals surface area contributed by atoms with Gasteiger partial charge >= 0.3 is 0 Å². The molecule has 0 fully saturated rings. The van der Waals surface area contributed by atoms with Crippen molar-refractivity contribution in [2.24, 2.45) is 0 Å². The quantitative estimate of drug-likeness (QED) is 0.544. The first-order chi connectivity index (χ1) is 13.6. The van der Waals surface area contributed by atoms with Crippen molar-refractivity contribution in [3.05, 3.63) is 76.8 Å². The van der Waals surface area contributed by atoms with E-state index in [-0.39, 0.29) is 24.1 Å². The third-order valence-corrected chi connectivity index (χ3v) is 4.91. The first-order valence-corrected chi connectivity index (χ1v) is 9.41. The molecule has 0 spiro atoms. The Morgan fingerprint density at radius 1 is 1.14 bits per heavy atom. The predicted octanol–water partition coefficient (Wildman–Crippen LogP) is 3.02. The van der Waals surface area contributed by atoms with E-state index >= 15 is 0 Å². The number of amides is 1. The molecule has 0 saturated carbocycles. The molecule has 4 rings (SSSR count). The Kier molecular flexibility index (Phi) is 4.93. The van der Waals surface area contributed by atoms with Crippen LogP contribution in [0.4, 0.5) is 0 Å². The third-order valence-electron chi connectivity index (χ3n) is 4.91. The van der Waals surface area contributed by atoms with Gasteiger partial charge < -0.3 is 10.3 Å². The van der Waals surface area contributed by atoms with E-state index in [1.54, 1.807) is 0 Å². The molecule has 0 bridgehead atoms. The third kappa shape index (κ3) is 3.67. The number of hydrogen-bond donors (Lipinski definition) is 2. The number of nitrogens with zero attached hydrogens (tertiary/aromatic N) is 2. The van der Waals surface area contributed by atoms with Crippen LogP contribution in [-0.4, -0.2) is 26.5 Å². The summed E-state index contributed by atoms with van der Waals surface area (Å²) in [5.74, 6) is -0.195. The van der Waals surface area contributed by atoms with E-state index in [1.165, 1.54) is 16.5 Å². The molecule has 0 radical (unpaired) electrons. The van der Waals surface area contributed by atoms with Crippen molar-refractivity contribution in [3.8, 4) is 0 Å². The molecule has 6 heteroatoms. The maximum atomic E-state index is 12.7. The predicted molar refractivity (Wildman–Crippen MR) is 110 cm³/mol. The molecular weight excluding hydrogens is 352 g/mol. The van der Waals surface area contributed by atoms with Gasteiger partial charge in [-0.05, 0) is 31.4 Å². The minimum atomic E-state index is -0.242. The summed E-state index contributed by atoms with van der Waals surface area (Å²) in [6.07, 6.45) is 3.17. The summed E-state index contributed by atoms with van der Waals surface area (Å²) in [7, 11) is 0. The van der Waals surface area contributed by atoms with Gasteiger partial charge in [0.05, 0.1) is 6.33 Å². The van der Waals surface area contributed by atoms with Crippen molar-refractivity contribution in [3.63, 3.8) is 0 Å². The molecule has 142 valence electrons. The first kappa shape index (κ1) is 18.0. The van der Waals surface area contributed by atoms with E-state index in [2.05, 4.69) is 27.4 Å². The maximum absolute atomic E-state index is 12.7. The molecule has 1 amide bonds. The van der Waals surface area contributed by atoms with Crippen LogP contribution >= 0.6 is 0 Å². The van der Waals surface area contributed by atoms with Gasteiger partial charge in [-0.25, -0.2) is 4.98 Å². The van der Waals surface area contributed by atoms with E-state index in [1.807, 2.05) is 49.4 Å². The summed E-state index contributed by atoms with van der Waals surface area (Å²) in [5, 5.41) is 3.87. The van der Waals surface area contributed by atoms with Crippen LogP contribution in [0.5, 0.6) is 0 Å². The second-order valence-corrected chi connectivity index (χ2v) is 7.06. The fraction of sp³-hybridized carbons (Fsp3) is 0.227. The number of aryl methyl sites for hydroxylation is 1. The van der Waals surface area contributed by atoms with E-state index in [9.17, 15) is 9.59 Å². The number of carbonyl (C=O) groups is 1. The van der Waals surface area contributed by atoms with Crippen molar-refractivity contribution in [1.29, 1.82) is 0 Å². The highest BCUT2D eigenvalue weighted by Gasteiger charge is 2.13. The Labute approximate surface area is 162 Å². The number of rotatable bonds is 6. The lowest BCUT2D eigenvalue weighted by Crippen LogP contribution is -2.37. The highest BCUT2D eigenvalue weighted by atomic mass is 16.2. The average Bonchev–Trinajstić information content (AvgIpc) is 3.09. The lowest BCUT2D eigenvalue weighted by atomic mass is 10.1. The summed E-state index contributed by atoms with van der Waals surface area (Å²) in [6, 6.07) is 17.8. The van der Waals surface area contributed by atoms with Crippen molar-refractivity contribution in [2.45, 2.75) is 32.4 Å². The molecule has 1 unspecified atom stereocenters. The van der Waals surface area contributed by atoms with Crippen LogP contribution in [0, 0.1) is 0 Å². The van der Waals surface area contributed by atoms with Crippen LogP contribution in [0.2, 0.25) is 0 Å². The van der Waals surface area contributed by atoms with E-state index < -0.39 is 0 Å². The highest BCUT2D eigenvalue weighted by Crippen LogP contribution is 2.20. The maximum Gasteiger partial charge on any atom is 0.278 e. The average molecular weight is 374 g/mol. The van der Waals surface area contributed by atoms with Crippen LogP contribution in [-0.2, 0) is 17.8 Å². The highest BCUT2D eigenvalue weighted by molar-refractivity contribution is 6.04. The lowest BCUT2D eigenvalue weighted by molar-refractivity contribution is -0.122. The van der Waals surface area contributed by atoms with E-state index in [4.69, 9.17) is 0 Å². The summed E-state index contributed by atoms with van der Waals surface area (Å²) in [5.41, 5.74) is 2.92. The molecule has 0 saturated heterocycles. The number of nitrogens with one attached hydrogen (secondary N) is 2. The minimum absolute atomic E-state index is 0.0215. The normalized spacial score (nSPS) is 12.3. The Bertz CT molecular complexity index is 1180. The Morgan fingerprint density at radius 2 is 1.89 bits per heavy atom. The molecule has 4 aromatic rings. The van der Waals surface area contributed by atoms with E-state index in [0.29, 0.717) is 11.0 Å². The second-order valence-electron chi connectivity index (χ2n) is 7.06. The number of carbonyl (C=O) groups excluding carboxylic acids is 1. The standard InChI is InChI=1S/C22H22N4O2/c1-15(11-12-16-7-3-2-4-8-16)24-19(27)13-26-14-23-20-17-9-5-6-10-18(17)25-21(20)22(26)28/h2-10,14-15,25H,11-13H2,1H3,(H,24,27). The van der Waals surface area contributed by atoms with Gasteiger partial charge in [-0.2, -0.15) is 0 Å². The molecule has 28 heavy (non-hydrogen) atoms. The van der Waals surface area contributed by atoms with Crippen molar-refractivity contribution < 1.29 is 4.79 Å². The number of aromatic amines is 1. The number of fused-ring (bicyclic) bond motifs is 3. The van der Waals surface area contributed by atoms with E-state index in [0.717, 1.165) is 23.7 Å².